The first kappa shape index (κ1) is 17.1. The van der Waals surface area contributed by atoms with Crippen LogP contribution in [0.25, 0.3) is 0 Å². The van der Waals surface area contributed by atoms with Crippen LogP contribution in [0, 0.1) is 0 Å². The quantitative estimate of drug-likeness (QED) is 0.448. The largest absolute Gasteiger partial charge is 0.401 e. The minimum absolute atomic E-state index is 0.361. The van der Waals surface area contributed by atoms with Crippen LogP contribution in [-0.2, 0) is 0 Å². The maximum Gasteiger partial charge on any atom is 0.401 e. The molecular formula is C13H25F3N4. The molecule has 0 amide bonds. The molecule has 1 saturated carbocycles. The van der Waals surface area contributed by atoms with Crippen LogP contribution in [0.15, 0.2) is 4.99 Å². The van der Waals surface area contributed by atoms with Crippen molar-refractivity contribution in [3.63, 3.8) is 0 Å². The zero-order chi connectivity index (χ0) is 15.0. The summed E-state index contributed by atoms with van der Waals surface area (Å²) in [7, 11) is 1.46. The summed E-state index contributed by atoms with van der Waals surface area (Å²) in [6.45, 7) is -0.0695. The third-order valence-electron chi connectivity index (χ3n) is 3.39. The number of hydrogen-bond donors (Lipinski definition) is 2. The summed E-state index contributed by atoms with van der Waals surface area (Å²) in [4.78, 5) is 5.41. The van der Waals surface area contributed by atoms with Gasteiger partial charge in [0.25, 0.3) is 0 Å². The number of guanidine groups is 1. The molecule has 118 valence electrons. The Kier molecular flexibility index (Phi) is 7.12. The molecule has 1 rings (SSSR count). The Morgan fingerprint density at radius 3 is 2.55 bits per heavy atom. The highest BCUT2D eigenvalue weighted by Gasteiger charge is 2.28. The predicted molar refractivity (Wildman–Crippen MR) is 74.7 cm³/mol. The molecule has 1 aliphatic carbocycles. The van der Waals surface area contributed by atoms with Gasteiger partial charge in [0.15, 0.2) is 5.96 Å². The Balaban J connectivity index is 2.13. The van der Waals surface area contributed by atoms with E-state index in [2.05, 4.69) is 10.3 Å². The molecule has 0 aromatic rings. The molecule has 0 aliphatic heterocycles. The monoisotopic (exact) mass is 294 g/mol. The number of aliphatic imine (C=N–C) groups is 1. The van der Waals surface area contributed by atoms with E-state index in [0.29, 0.717) is 31.5 Å². The fraction of sp³-hybridized carbons (Fsp3) is 0.923. The first-order valence-corrected chi connectivity index (χ1v) is 7.18. The maximum absolute atomic E-state index is 12.1. The zero-order valence-corrected chi connectivity index (χ0v) is 12.0. The highest BCUT2D eigenvalue weighted by Crippen LogP contribution is 2.17. The van der Waals surface area contributed by atoms with Gasteiger partial charge in [0.1, 0.15) is 0 Å². The molecule has 7 heteroatoms. The lowest BCUT2D eigenvalue weighted by Crippen LogP contribution is -2.41. The highest BCUT2D eigenvalue weighted by atomic mass is 19.4. The van der Waals surface area contributed by atoms with Gasteiger partial charge in [-0.1, -0.05) is 19.3 Å². The van der Waals surface area contributed by atoms with Gasteiger partial charge in [0.2, 0.25) is 0 Å². The van der Waals surface area contributed by atoms with E-state index >= 15 is 0 Å². The van der Waals surface area contributed by atoms with E-state index < -0.39 is 12.7 Å². The molecule has 1 fully saturated rings. The number of rotatable bonds is 6. The van der Waals surface area contributed by atoms with Crippen LogP contribution in [0.1, 0.15) is 38.5 Å². The summed E-state index contributed by atoms with van der Waals surface area (Å²) in [5.41, 5.74) is 5.77. The number of alkyl halides is 3. The number of hydrogen-bond acceptors (Lipinski definition) is 2. The van der Waals surface area contributed by atoms with Crippen molar-refractivity contribution in [3.05, 3.63) is 0 Å². The number of nitrogens with two attached hydrogens (primary N) is 1. The average molecular weight is 294 g/mol. The summed E-state index contributed by atoms with van der Waals surface area (Å²) in [5.74, 6) is 0.412. The lowest BCUT2D eigenvalue weighted by Gasteiger charge is -2.23. The molecule has 0 bridgehead atoms. The minimum atomic E-state index is -4.14. The third-order valence-corrected chi connectivity index (χ3v) is 3.39. The van der Waals surface area contributed by atoms with E-state index in [1.165, 1.54) is 31.2 Å². The van der Waals surface area contributed by atoms with Gasteiger partial charge in [-0.05, 0) is 32.9 Å². The fourth-order valence-corrected chi connectivity index (χ4v) is 2.43. The average Bonchev–Trinajstić information content (AvgIpc) is 2.34. The van der Waals surface area contributed by atoms with Crippen molar-refractivity contribution in [1.29, 1.82) is 0 Å². The Labute approximate surface area is 118 Å². The van der Waals surface area contributed by atoms with Gasteiger partial charge in [-0.25, -0.2) is 0 Å². The molecule has 4 nitrogen and oxygen atoms in total. The molecule has 20 heavy (non-hydrogen) atoms. The normalized spacial score (nSPS) is 18.6. The molecule has 1 aliphatic rings. The van der Waals surface area contributed by atoms with Gasteiger partial charge in [-0.15, -0.1) is 0 Å². The van der Waals surface area contributed by atoms with Crippen molar-refractivity contribution in [2.75, 3.05) is 26.7 Å². The van der Waals surface area contributed by atoms with Crippen LogP contribution in [0.4, 0.5) is 13.2 Å². The van der Waals surface area contributed by atoms with Gasteiger partial charge in [-0.3, -0.25) is 9.89 Å². The second-order valence-electron chi connectivity index (χ2n) is 5.45. The Morgan fingerprint density at radius 1 is 1.30 bits per heavy atom. The Morgan fingerprint density at radius 2 is 1.95 bits per heavy atom. The van der Waals surface area contributed by atoms with E-state index in [-0.39, 0.29) is 0 Å². The molecule has 0 spiro atoms. The second kappa shape index (κ2) is 8.34. The molecule has 0 saturated heterocycles. The van der Waals surface area contributed by atoms with Gasteiger partial charge >= 0.3 is 6.18 Å². The fourth-order valence-electron chi connectivity index (χ4n) is 2.43. The molecule has 0 heterocycles. The molecule has 3 N–H and O–H groups in total. The number of halogens is 3. The number of nitrogens with one attached hydrogen (secondary N) is 1. The van der Waals surface area contributed by atoms with Crippen LogP contribution in [0.5, 0.6) is 0 Å². The van der Waals surface area contributed by atoms with Gasteiger partial charge in [0.05, 0.1) is 6.54 Å². The standard InChI is InChI=1S/C13H25F3N4/c1-20(10-13(14,15)16)9-5-8-18-12(17)19-11-6-3-2-4-7-11/h11H,2-10H2,1H3,(H3,17,18,19). The van der Waals surface area contributed by atoms with Crippen molar-refractivity contribution in [2.24, 2.45) is 10.7 Å². The lowest BCUT2D eigenvalue weighted by atomic mass is 9.96. The molecule has 0 radical (unpaired) electrons. The van der Waals surface area contributed by atoms with Crippen LogP contribution >= 0.6 is 0 Å². The van der Waals surface area contributed by atoms with E-state index in [4.69, 9.17) is 5.73 Å². The first-order chi connectivity index (χ1) is 9.37. The van der Waals surface area contributed by atoms with E-state index in [9.17, 15) is 13.2 Å². The van der Waals surface area contributed by atoms with Gasteiger partial charge in [0, 0.05) is 12.6 Å². The summed E-state index contributed by atoms with van der Waals surface area (Å²) in [5, 5.41) is 3.18. The third kappa shape index (κ3) is 8.24. The van der Waals surface area contributed by atoms with E-state index in [0.717, 1.165) is 12.8 Å². The van der Waals surface area contributed by atoms with Gasteiger partial charge < -0.3 is 11.1 Å². The Hall–Kier alpha value is -0.980. The van der Waals surface area contributed by atoms with Crippen LogP contribution in [-0.4, -0.2) is 49.8 Å². The zero-order valence-electron chi connectivity index (χ0n) is 12.0. The molecule has 0 atom stereocenters. The summed E-state index contributed by atoms with van der Waals surface area (Å²) >= 11 is 0. The van der Waals surface area contributed by atoms with Gasteiger partial charge in [-0.2, -0.15) is 13.2 Å². The van der Waals surface area contributed by atoms with Crippen LogP contribution < -0.4 is 11.1 Å². The van der Waals surface area contributed by atoms with Crippen molar-refractivity contribution in [1.82, 2.24) is 10.2 Å². The number of nitrogens with zero attached hydrogens (tertiary/aromatic N) is 2. The smallest absolute Gasteiger partial charge is 0.370 e. The topological polar surface area (TPSA) is 53.6 Å². The lowest BCUT2D eigenvalue weighted by molar-refractivity contribution is -0.143. The molecular weight excluding hydrogens is 269 g/mol. The van der Waals surface area contributed by atoms with E-state index in [1.807, 2.05) is 0 Å². The first-order valence-electron chi connectivity index (χ1n) is 7.18. The SMILES string of the molecule is CN(CCCN=C(N)NC1CCCCC1)CC(F)(F)F. The Bertz CT molecular complexity index is 298. The summed E-state index contributed by atoms with van der Waals surface area (Å²) in [6, 6.07) is 0.403. The van der Waals surface area contributed by atoms with E-state index in [1.54, 1.807) is 0 Å². The van der Waals surface area contributed by atoms with Crippen molar-refractivity contribution in [3.8, 4) is 0 Å². The summed E-state index contributed by atoms with van der Waals surface area (Å²) in [6.07, 6.45) is 2.37. The minimum Gasteiger partial charge on any atom is -0.370 e. The van der Waals surface area contributed by atoms with Crippen molar-refractivity contribution in [2.45, 2.75) is 50.7 Å². The molecule has 0 aromatic carbocycles. The second-order valence-corrected chi connectivity index (χ2v) is 5.45. The predicted octanol–water partition coefficient (Wildman–Crippen LogP) is 2.11. The van der Waals surface area contributed by atoms with Crippen LogP contribution in [0.2, 0.25) is 0 Å². The summed E-state index contributed by atoms with van der Waals surface area (Å²) < 4.78 is 36.3. The molecule has 0 unspecified atom stereocenters. The highest BCUT2D eigenvalue weighted by molar-refractivity contribution is 5.78. The maximum atomic E-state index is 12.1. The van der Waals surface area contributed by atoms with Crippen molar-refractivity contribution < 1.29 is 13.2 Å². The van der Waals surface area contributed by atoms with Crippen molar-refractivity contribution >= 4 is 5.96 Å². The van der Waals surface area contributed by atoms with Crippen LogP contribution in [0.3, 0.4) is 0 Å². The molecule has 0 aromatic heterocycles.